The van der Waals surface area contributed by atoms with E-state index >= 15 is 0 Å². The number of aromatic amines is 1. The van der Waals surface area contributed by atoms with Gasteiger partial charge in [0.15, 0.2) is 69.8 Å². The molecule has 46 heavy (non-hydrogen) atoms. The number of hydrogen-bond acceptors (Lipinski definition) is 1. The highest BCUT2D eigenvalue weighted by atomic mass is 19.2. The first-order chi connectivity index (χ1) is 21.6. The fraction of sp³-hybridized carbons (Fsp3) is 0. The van der Waals surface area contributed by atoms with Gasteiger partial charge >= 0.3 is 0 Å². The number of halogens is 15. The Kier molecular flexibility index (Phi) is 8.12. The molecule has 0 spiro atoms. The Morgan fingerprint density at radius 3 is 1.30 bits per heavy atom. The van der Waals surface area contributed by atoms with E-state index in [2.05, 4.69) is 9.98 Å². The molecule has 238 valence electrons. The molecule has 0 atom stereocenters. The van der Waals surface area contributed by atoms with Crippen molar-refractivity contribution in [2.45, 2.75) is 0 Å². The second-order valence-electron chi connectivity index (χ2n) is 9.11. The van der Waals surface area contributed by atoms with Gasteiger partial charge < -0.3 is 4.98 Å². The van der Waals surface area contributed by atoms with Crippen molar-refractivity contribution in [2.24, 2.45) is 4.99 Å². The van der Waals surface area contributed by atoms with E-state index in [1.165, 1.54) is 0 Å². The highest BCUT2D eigenvalue weighted by Crippen LogP contribution is 2.39. The van der Waals surface area contributed by atoms with E-state index in [0.717, 1.165) is 18.4 Å². The third kappa shape index (κ3) is 4.85. The fourth-order valence-corrected chi connectivity index (χ4v) is 4.39. The molecular formula is C29H7F15N2. The average molecular weight is 668 g/mol. The molecule has 0 fully saturated rings. The zero-order chi connectivity index (χ0) is 33.9. The molecule has 0 amide bonds. The van der Waals surface area contributed by atoms with Gasteiger partial charge in [-0.15, -0.1) is 0 Å². The Bertz CT molecular complexity index is 2000. The van der Waals surface area contributed by atoms with Gasteiger partial charge in [-0.1, -0.05) is 0 Å². The van der Waals surface area contributed by atoms with Crippen molar-refractivity contribution >= 4 is 23.4 Å². The van der Waals surface area contributed by atoms with Crippen LogP contribution < -0.4 is 0 Å². The quantitative estimate of drug-likeness (QED) is 0.0952. The van der Waals surface area contributed by atoms with Gasteiger partial charge in [0.1, 0.15) is 0 Å². The van der Waals surface area contributed by atoms with Crippen LogP contribution in [-0.4, -0.2) is 11.2 Å². The third-order valence-corrected chi connectivity index (χ3v) is 6.53. The molecule has 0 unspecified atom stereocenters. The lowest BCUT2D eigenvalue weighted by Gasteiger charge is -2.14. The molecule has 17 heteroatoms. The largest absolute Gasteiger partial charge is 0.354 e. The monoisotopic (exact) mass is 668 g/mol. The Morgan fingerprint density at radius 1 is 0.478 bits per heavy atom. The molecule has 0 bridgehead atoms. The van der Waals surface area contributed by atoms with Crippen molar-refractivity contribution in [3.8, 4) is 0 Å². The van der Waals surface area contributed by atoms with Crippen molar-refractivity contribution < 1.29 is 65.9 Å². The number of hydrogen-bond donors (Lipinski definition) is 1. The van der Waals surface area contributed by atoms with Gasteiger partial charge in [-0.05, 0) is 30.4 Å². The minimum Gasteiger partial charge on any atom is -0.354 e. The van der Waals surface area contributed by atoms with Crippen LogP contribution in [0.25, 0.3) is 17.2 Å². The van der Waals surface area contributed by atoms with E-state index < -0.39 is 132 Å². The summed E-state index contributed by atoms with van der Waals surface area (Å²) in [6, 6.07) is 1.29. The van der Waals surface area contributed by atoms with Crippen molar-refractivity contribution in [3.63, 3.8) is 0 Å². The number of aliphatic imine (C=N–C) groups is 1. The highest BCUT2D eigenvalue weighted by Gasteiger charge is 2.33. The number of benzene rings is 3. The average Bonchev–Trinajstić information content (AvgIpc) is 3.75. The molecule has 0 saturated carbocycles. The summed E-state index contributed by atoms with van der Waals surface area (Å²) < 4.78 is 215. The Labute approximate surface area is 245 Å². The lowest BCUT2D eigenvalue weighted by atomic mass is 9.97. The maximum Gasteiger partial charge on any atom is 0.200 e. The molecule has 3 aromatic carbocycles. The molecule has 1 N–H and O–H groups in total. The molecule has 1 aromatic heterocycles. The summed E-state index contributed by atoms with van der Waals surface area (Å²) in [6.45, 7) is 0. The fourth-order valence-electron chi connectivity index (χ4n) is 4.39. The summed E-state index contributed by atoms with van der Waals surface area (Å²) in [5.41, 5.74) is -10.2. The number of nitrogens with one attached hydrogen (secondary N) is 1. The summed E-state index contributed by atoms with van der Waals surface area (Å²) in [5, 5.41) is 0. The molecule has 4 aromatic rings. The van der Waals surface area contributed by atoms with Crippen molar-refractivity contribution in [2.75, 3.05) is 0 Å². The van der Waals surface area contributed by atoms with Crippen LogP contribution in [0.15, 0.2) is 35.0 Å². The molecular weight excluding hydrogens is 661 g/mol. The molecule has 1 aliphatic rings. The van der Waals surface area contributed by atoms with Crippen LogP contribution in [0.3, 0.4) is 0 Å². The lowest BCUT2D eigenvalue weighted by molar-refractivity contribution is 0.376. The Hall–Kier alpha value is -5.22. The van der Waals surface area contributed by atoms with Crippen molar-refractivity contribution in [1.29, 1.82) is 0 Å². The Balaban J connectivity index is 1.87. The first kappa shape index (κ1) is 32.2. The van der Waals surface area contributed by atoms with Gasteiger partial charge in [-0.2, -0.15) is 0 Å². The lowest BCUT2D eigenvalue weighted by Crippen LogP contribution is -2.09. The van der Waals surface area contributed by atoms with Crippen LogP contribution in [0.1, 0.15) is 28.1 Å². The van der Waals surface area contributed by atoms with Crippen molar-refractivity contribution in [3.05, 3.63) is 145 Å². The van der Waals surface area contributed by atoms with Gasteiger partial charge in [0.2, 0.25) is 17.5 Å². The van der Waals surface area contributed by atoms with E-state index in [4.69, 9.17) is 0 Å². The van der Waals surface area contributed by atoms with Gasteiger partial charge in [0.05, 0.1) is 22.4 Å². The molecule has 5 rings (SSSR count). The topological polar surface area (TPSA) is 28.1 Å². The summed E-state index contributed by atoms with van der Waals surface area (Å²) in [7, 11) is 0. The maximum atomic E-state index is 14.9. The molecule has 0 aliphatic carbocycles. The van der Waals surface area contributed by atoms with Crippen LogP contribution in [0.5, 0.6) is 0 Å². The Morgan fingerprint density at radius 2 is 0.870 bits per heavy atom. The second-order valence-corrected chi connectivity index (χ2v) is 9.11. The first-order valence-corrected chi connectivity index (χ1v) is 12.0. The van der Waals surface area contributed by atoms with E-state index in [1.807, 2.05) is 0 Å². The summed E-state index contributed by atoms with van der Waals surface area (Å²) in [4.78, 5) is 5.82. The summed E-state index contributed by atoms with van der Waals surface area (Å²) >= 11 is 0. The van der Waals surface area contributed by atoms with Crippen LogP contribution >= 0.6 is 0 Å². The van der Waals surface area contributed by atoms with Gasteiger partial charge in [0, 0.05) is 28.7 Å². The van der Waals surface area contributed by atoms with Crippen molar-refractivity contribution in [1.82, 2.24) is 4.98 Å². The number of rotatable bonds is 5. The maximum absolute atomic E-state index is 14.9. The smallest absolute Gasteiger partial charge is 0.200 e. The zero-order valence-electron chi connectivity index (χ0n) is 21.6. The summed E-state index contributed by atoms with van der Waals surface area (Å²) in [5.74, 6) is -38.5. The van der Waals surface area contributed by atoms with E-state index in [1.54, 1.807) is 0 Å². The SMILES string of the molecule is Fc1c(F)c(F)c(C=C(c2ccc(C(=C3C=CC=N3)c3c(F)c(F)c(F)c(F)c3F)[nH]2)c2c(F)c(F)c(F)c(F)c2F)c(F)c1F. The minimum atomic E-state index is -2.70. The predicted molar refractivity (Wildman–Crippen MR) is 130 cm³/mol. The second kappa shape index (κ2) is 11.6. The first-order valence-electron chi connectivity index (χ1n) is 12.0. The molecule has 2 nitrogen and oxygen atoms in total. The number of nitrogens with zero attached hydrogens (tertiary/aromatic N) is 1. The van der Waals surface area contributed by atoms with Crippen LogP contribution in [0, 0.1) is 87.3 Å². The highest BCUT2D eigenvalue weighted by molar-refractivity contribution is 5.93. The minimum absolute atomic E-state index is 0.191. The standard InChI is InChI=1S/C29H7F15N2/c30-15-8(16(31)22(37)27(42)21(15)36)6-7(12-17(32)23(38)28(43)24(39)18(12)33)9-3-4-11(46-9)13(10-2-1-5-45-10)14-19(34)25(40)29(44)26(41)20(14)35/h1-6,46H. The van der Waals surface area contributed by atoms with Gasteiger partial charge in [-0.3, -0.25) is 4.99 Å². The predicted octanol–water partition coefficient (Wildman–Crippen LogP) is 9.09. The van der Waals surface area contributed by atoms with Gasteiger partial charge in [0.25, 0.3) is 0 Å². The summed E-state index contributed by atoms with van der Waals surface area (Å²) in [6.07, 6.45) is 2.93. The molecule has 1 aliphatic heterocycles. The number of aromatic nitrogens is 1. The van der Waals surface area contributed by atoms with E-state index in [9.17, 15) is 65.9 Å². The molecule has 2 heterocycles. The van der Waals surface area contributed by atoms with E-state index in [-0.39, 0.29) is 6.08 Å². The van der Waals surface area contributed by atoms with Crippen LogP contribution in [0.2, 0.25) is 0 Å². The third-order valence-electron chi connectivity index (χ3n) is 6.53. The van der Waals surface area contributed by atoms with E-state index in [0.29, 0.717) is 12.1 Å². The number of allylic oxidation sites excluding steroid dienone is 2. The van der Waals surface area contributed by atoms with Crippen LogP contribution in [0.4, 0.5) is 65.9 Å². The molecule has 0 saturated heterocycles. The van der Waals surface area contributed by atoms with Crippen LogP contribution in [-0.2, 0) is 0 Å². The number of H-pyrrole nitrogens is 1. The molecule has 0 radical (unpaired) electrons. The van der Waals surface area contributed by atoms with Gasteiger partial charge in [-0.25, -0.2) is 65.9 Å². The zero-order valence-corrected chi connectivity index (χ0v) is 21.6. The normalized spacial score (nSPS) is 14.2.